The third kappa shape index (κ3) is 4.32. The van der Waals surface area contributed by atoms with E-state index in [4.69, 9.17) is 9.47 Å². The number of ether oxygens (including phenoxy) is 2. The van der Waals surface area contributed by atoms with Gasteiger partial charge in [0.25, 0.3) is 5.91 Å². The molecular weight excluding hydrogens is 366 g/mol. The van der Waals surface area contributed by atoms with Crippen molar-refractivity contribution >= 4 is 28.2 Å². The molecule has 1 aliphatic heterocycles. The van der Waals surface area contributed by atoms with Gasteiger partial charge in [-0.05, 0) is 56.3 Å². The molecule has 0 bridgehead atoms. The van der Waals surface area contributed by atoms with E-state index in [1.54, 1.807) is 4.90 Å². The smallest absolute Gasteiger partial charge is 0.272 e. The fourth-order valence-corrected chi connectivity index (χ4v) is 3.44. The number of hydrogen-bond donors (Lipinski definition) is 1. The van der Waals surface area contributed by atoms with E-state index in [9.17, 15) is 4.79 Å². The minimum absolute atomic E-state index is 0.0643. The second kappa shape index (κ2) is 8.49. The maximum atomic E-state index is 13.0. The van der Waals surface area contributed by atoms with Crippen LogP contribution in [0.2, 0.25) is 0 Å². The number of carbonyl (C=O) groups is 1. The molecule has 0 saturated carbocycles. The van der Waals surface area contributed by atoms with Crippen LogP contribution in [-0.2, 0) is 4.74 Å². The monoisotopic (exact) mass is 391 g/mol. The number of anilines is 2. The Morgan fingerprint density at radius 3 is 2.62 bits per heavy atom. The van der Waals surface area contributed by atoms with Crippen molar-refractivity contribution in [3.63, 3.8) is 0 Å². The maximum Gasteiger partial charge on any atom is 0.272 e. The second-order valence-corrected chi connectivity index (χ2v) is 7.06. The quantitative estimate of drug-likeness (QED) is 0.708. The highest BCUT2D eigenvalue weighted by molar-refractivity contribution is 6.00. The van der Waals surface area contributed by atoms with Crippen LogP contribution in [0.4, 0.5) is 11.4 Å². The molecule has 1 amide bonds. The van der Waals surface area contributed by atoms with Crippen LogP contribution in [0.5, 0.6) is 5.75 Å². The average Bonchev–Trinajstić information content (AvgIpc) is 2.75. The van der Waals surface area contributed by atoms with E-state index in [0.29, 0.717) is 38.6 Å². The first-order valence-electron chi connectivity index (χ1n) is 9.92. The van der Waals surface area contributed by atoms with Gasteiger partial charge in [0.2, 0.25) is 0 Å². The molecule has 0 spiro atoms. The summed E-state index contributed by atoms with van der Waals surface area (Å²) in [6.45, 7) is 6.96. The number of carbonyl (C=O) groups excluding carboxylic acids is 1. The predicted octanol–water partition coefficient (Wildman–Crippen LogP) is 4.16. The lowest BCUT2D eigenvalue weighted by Crippen LogP contribution is -2.41. The molecule has 0 aliphatic carbocycles. The van der Waals surface area contributed by atoms with Gasteiger partial charge in [-0.15, -0.1) is 0 Å². The zero-order valence-electron chi connectivity index (χ0n) is 16.8. The summed E-state index contributed by atoms with van der Waals surface area (Å²) in [5.74, 6) is 0.766. The molecule has 2 aromatic carbocycles. The molecule has 4 rings (SSSR count). The predicted molar refractivity (Wildman–Crippen MR) is 114 cm³/mol. The van der Waals surface area contributed by atoms with Crippen LogP contribution in [0.3, 0.4) is 0 Å². The number of rotatable bonds is 5. The Kier molecular flexibility index (Phi) is 5.62. The summed E-state index contributed by atoms with van der Waals surface area (Å²) in [6.07, 6.45) is 0. The summed E-state index contributed by atoms with van der Waals surface area (Å²) in [6, 6.07) is 15.7. The Balaban J connectivity index is 1.70. The number of nitrogens with one attached hydrogen (secondary N) is 1. The van der Waals surface area contributed by atoms with E-state index in [-0.39, 0.29) is 5.91 Å². The van der Waals surface area contributed by atoms with Crippen LogP contribution < -0.4 is 10.1 Å². The van der Waals surface area contributed by atoms with Gasteiger partial charge >= 0.3 is 0 Å². The standard InChI is InChI=1S/C23H25N3O3/c1-3-29-18-7-5-17(6-8-18)24-21-15-22(23(27)26-10-12-28-13-11-26)25-20-9-4-16(2)14-19(20)21/h4-9,14-15H,3,10-13H2,1-2H3,(H,24,25). The molecule has 1 aromatic heterocycles. The molecule has 0 atom stereocenters. The number of pyridine rings is 1. The number of nitrogens with zero attached hydrogens (tertiary/aromatic N) is 2. The third-order valence-electron chi connectivity index (χ3n) is 4.93. The Labute approximate surface area is 170 Å². The lowest BCUT2D eigenvalue weighted by molar-refractivity contribution is 0.0299. The van der Waals surface area contributed by atoms with Crippen molar-refractivity contribution < 1.29 is 14.3 Å². The van der Waals surface area contributed by atoms with Crippen molar-refractivity contribution in [3.05, 3.63) is 59.8 Å². The highest BCUT2D eigenvalue weighted by Gasteiger charge is 2.21. The fourth-order valence-electron chi connectivity index (χ4n) is 3.44. The molecule has 29 heavy (non-hydrogen) atoms. The number of hydrogen-bond acceptors (Lipinski definition) is 5. The lowest BCUT2D eigenvalue weighted by atomic mass is 10.1. The lowest BCUT2D eigenvalue weighted by Gasteiger charge is -2.26. The number of aromatic nitrogens is 1. The molecule has 2 heterocycles. The molecule has 6 nitrogen and oxygen atoms in total. The van der Waals surface area contributed by atoms with E-state index >= 15 is 0 Å². The van der Waals surface area contributed by atoms with Crippen molar-refractivity contribution in [2.75, 3.05) is 38.2 Å². The van der Waals surface area contributed by atoms with E-state index < -0.39 is 0 Å². The highest BCUT2D eigenvalue weighted by Crippen LogP contribution is 2.29. The summed E-state index contributed by atoms with van der Waals surface area (Å²) in [5, 5.41) is 4.43. The number of aryl methyl sites for hydroxylation is 1. The summed E-state index contributed by atoms with van der Waals surface area (Å²) in [4.78, 5) is 19.4. The molecule has 3 aromatic rings. The van der Waals surface area contributed by atoms with Crippen molar-refractivity contribution in [1.29, 1.82) is 0 Å². The van der Waals surface area contributed by atoms with E-state index in [1.807, 2.05) is 56.3 Å². The van der Waals surface area contributed by atoms with Gasteiger partial charge in [-0.25, -0.2) is 4.98 Å². The topological polar surface area (TPSA) is 63.7 Å². The molecule has 1 fully saturated rings. The summed E-state index contributed by atoms with van der Waals surface area (Å²) >= 11 is 0. The molecule has 0 radical (unpaired) electrons. The largest absolute Gasteiger partial charge is 0.494 e. The number of benzene rings is 2. The molecule has 1 N–H and O–H groups in total. The zero-order valence-corrected chi connectivity index (χ0v) is 16.8. The Hall–Kier alpha value is -3.12. The van der Waals surface area contributed by atoms with Crippen molar-refractivity contribution in [2.45, 2.75) is 13.8 Å². The van der Waals surface area contributed by atoms with Gasteiger partial charge in [-0.1, -0.05) is 11.6 Å². The molecule has 150 valence electrons. The van der Waals surface area contributed by atoms with E-state index in [2.05, 4.69) is 16.4 Å². The first kappa shape index (κ1) is 19.2. The van der Waals surface area contributed by atoms with Gasteiger partial charge in [-0.2, -0.15) is 0 Å². The van der Waals surface area contributed by atoms with Crippen LogP contribution in [0, 0.1) is 6.92 Å². The van der Waals surface area contributed by atoms with Gasteiger partial charge in [0.15, 0.2) is 0 Å². The first-order chi connectivity index (χ1) is 14.1. The Morgan fingerprint density at radius 1 is 1.14 bits per heavy atom. The SMILES string of the molecule is CCOc1ccc(Nc2cc(C(=O)N3CCOCC3)nc3ccc(C)cc23)cc1. The molecule has 0 unspecified atom stereocenters. The molecule has 1 aliphatic rings. The molecule has 1 saturated heterocycles. The van der Waals surface area contributed by atoms with Crippen molar-refractivity contribution in [2.24, 2.45) is 0 Å². The first-order valence-corrected chi connectivity index (χ1v) is 9.92. The van der Waals surface area contributed by atoms with Crippen LogP contribution >= 0.6 is 0 Å². The van der Waals surface area contributed by atoms with Crippen molar-refractivity contribution in [1.82, 2.24) is 9.88 Å². The van der Waals surface area contributed by atoms with Crippen LogP contribution in [0.25, 0.3) is 10.9 Å². The van der Waals surface area contributed by atoms with E-state index in [1.165, 1.54) is 0 Å². The van der Waals surface area contributed by atoms with Gasteiger partial charge < -0.3 is 19.7 Å². The van der Waals surface area contributed by atoms with Gasteiger partial charge in [0.05, 0.1) is 31.0 Å². The van der Waals surface area contributed by atoms with Gasteiger partial charge in [-0.3, -0.25) is 4.79 Å². The normalized spacial score (nSPS) is 14.1. The minimum Gasteiger partial charge on any atom is -0.494 e. The summed E-state index contributed by atoms with van der Waals surface area (Å²) in [5.41, 5.74) is 4.16. The zero-order chi connectivity index (χ0) is 20.2. The number of morpholine rings is 1. The van der Waals surface area contributed by atoms with Gasteiger partial charge in [0, 0.05) is 24.2 Å². The van der Waals surface area contributed by atoms with E-state index in [0.717, 1.165) is 33.6 Å². The van der Waals surface area contributed by atoms with Crippen molar-refractivity contribution in [3.8, 4) is 5.75 Å². The number of fused-ring (bicyclic) bond motifs is 1. The molecule has 6 heteroatoms. The minimum atomic E-state index is -0.0643. The summed E-state index contributed by atoms with van der Waals surface area (Å²) in [7, 11) is 0. The van der Waals surface area contributed by atoms with Crippen LogP contribution in [-0.4, -0.2) is 48.7 Å². The fraction of sp³-hybridized carbons (Fsp3) is 0.304. The van der Waals surface area contributed by atoms with Crippen LogP contribution in [0.1, 0.15) is 23.0 Å². The highest BCUT2D eigenvalue weighted by atomic mass is 16.5. The summed E-state index contributed by atoms with van der Waals surface area (Å²) < 4.78 is 10.9. The van der Waals surface area contributed by atoms with Gasteiger partial charge in [0.1, 0.15) is 11.4 Å². The van der Waals surface area contributed by atoms with Crippen LogP contribution in [0.15, 0.2) is 48.5 Å². The molecular formula is C23H25N3O3. The third-order valence-corrected chi connectivity index (χ3v) is 4.93. The average molecular weight is 391 g/mol. The Bertz CT molecular complexity index is 1010. The maximum absolute atomic E-state index is 13.0. The Morgan fingerprint density at radius 2 is 1.90 bits per heavy atom. The number of amides is 1. The second-order valence-electron chi connectivity index (χ2n) is 7.06.